The van der Waals surface area contributed by atoms with Crippen LogP contribution in [0.3, 0.4) is 0 Å². The molecule has 0 radical (unpaired) electrons. The van der Waals surface area contributed by atoms with Crippen LogP contribution in [0.25, 0.3) is 0 Å². The summed E-state index contributed by atoms with van der Waals surface area (Å²) < 4.78 is 5.35. The molecule has 1 aliphatic rings. The van der Waals surface area contributed by atoms with Gasteiger partial charge < -0.3 is 10.3 Å². The van der Waals surface area contributed by atoms with Gasteiger partial charge in [0.15, 0.2) is 5.82 Å². The molecule has 0 amide bonds. The highest BCUT2D eigenvalue weighted by Crippen LogP contribution is 2.41. The number of hydrogen-bond donors (Lipinski definition) is 1. The van der Waals surface area contributed by atoms with Crippen LogP contribution in [0, 0.1) is 5.41 Å². The highest BCUT2D eigenvalue weighted by Gasteiger charge is 2.32. The highest BCUT2D eigenvalue weighted by atomic mass is 32.2. The normalized spacial score (nSPS) is 27.2. The van der Waals surface area contributed by atoms with Gasteiger partial charge in [-0.3, -0.25) is 0 Å². The molecule has 6 heteroatoms. The molecular formula is C12H21N3OS2. The molecule has 0 aliphatic carbocycles. The number of hydrogen-bond acceptors (Lipinski definition) is 6. The van der Waals surface area contributed by atoms with Crippen molar-refractivity contribution in [2.75, 3.05) is 11.5 Å². The summed E-state index contributed by atoms with van der Waals surface area (Å²) in [6, 6.07) is -0.213. The van der Waals surface area contributed by atoms with Crippen molar-refractivity contribution in [2.45, 2.75) is 44.2 Å². The number of rotatable bonds is 2. The zero-order valence-electron chi connectivity index (χ0n) is 11.3. The molecule has 102 valence electrons. The van der Waals surface area contributed by atoms with E-state index in [1.807, 2.05) is 23.5 Å². The third-order valence-corrected chi connectivity index (χ3v) is 6.19. The van der Waals surface area contributed by atoms with Gasteiger partial charge in [0, 0.05) is 16.8 Å². The molecule has 0 bridgehead atoms. The predicted octanol–water partition coefficient (Wildman–Crippen LogP) is 3.03. The van der Waals surface area contributed by atoms with Gasteiger partial charge in [0.1, 0.15) is 0 Å². The molecule has 2 N–H and O–H groups in total. The second-order valence-electron chi connectivity index (χ2n) is 5.70. The molecule has 2 rings (SSSR count). The summed E-state index contributed by atoms with van der Waals surface area (Å²) in [7, 11) is 0. The van der Waals surface area contributed by atoms with Crippen molar-refractivity contribution in [2.24, 2.45) is 11.1 Å². The van der Waals surface area contributed by atoms with E-state index in [-0.39, 0.29) is 11.5 Å². The van der Waals surface area contributed by atoms with E-state index in [1.54, 1.807) is 0 Å². The number of nitrogens with two attached hydrogens (primary N) is 1. The van der Waals surface area contributed by atoms with E-state index in [4.69, 9.17) is 10.3 Å². The van der Waals surface area contributed by atoms with Crippen LogP contribution in [0.1, 0.15) is 50.7 Å². The summed E-state index contributed by atoms with van der Waals surface area (Å²) in [5.74, 6) is 3.71. The molecule has 2 heterocycles. The van der Waals surface area contributed by atoms with Crippen LogP contribution >= 0.6 is 23.5 Å². The molecule has 0 saturated carbocycles. The van der Waals surface area contributed by atoms with Gasteiger partial charge in [-0.1, -0.05) is 32.9 Å². The lowest BCUT2D eigenvalue weighted by Gasteiger charge is -2.25. The van der Waals surface area contributed by atoms with Crippen LogP contribution in [0.2, 0.25) is 0 Å². The fourth-order valence-electron chi connectivity index (χ4n) is 1.78. The first-order valence-electron chi connectivity index (χ1n) is 6.22. The van der Waals surface area contributed by atoms with E-state index in [9.17, 15) is 0 Å². The Hall–Kier alpha value is -0.200. The van der Waals surface area contributed by atoms with Crippen molar-refractivity contribution in [3.05, 3.63) is 11.7 Å². The van der Waals surface area contributed by atoms with E-state index in [0.29, 0.717) is 16.4 Å². The van der Waals surface area contributed by atoms with Crippen molar-refractivity contribution >= 4 is 23.5 Å². The maximum atomic E-state index is 6.14. The first kappa shape index (κ1) is 14.2. The first-order valence-corrected chi connectivity index (χ1v) is 8.31. The number of thioether (sulfide) groups is 2. The molecule has 2 unspecified atom stereocenters. The van der Waals surface area contributed by atoms with Crippen LogP contribution in [0.4, 0.5) is 0 Å². The molecule has 1 aromatic rings. The van der Waals surface area contributed by atoms with E-state index < -0.39 is 0 Å². The molecule has 3 atom stereocenters. The van der Waals surface area contributed by atoms with Gasteiger partial charge >= 0.3 is 0 Å². The standard InChI is InChI=1S/C12H21N3OS2/c1-7-8(18-6-5-17-7)10-14-11(16-15-10)9(13)12(2,3)4/h7-9H,5-6,13H2,1-4H3/t7?,8?,9-/m0/s1. The average molecular weight is 287 g/mol. The van der Waals surface area contributed by atoms with Gasteiger partial charge in [0.2, 0.25) is 5.89 Å². The molecular weight excluding hydrogens is 266 g/mol. The molecule has 1 fully saturated rings. The predicted molar refractivity (Wildman–Crippen MR) is 77.8 cm³/mol. The number of nitrogens with zero attached hydrogens (tertiary/aromatic N) is 2. The van der Waals surface area contributed by atoms with Crippen molar-refractivity contribution in [1.29, 1.82) is 0 Å². The van der Waals surface area contributed by atoms with Crippen LogP contribution in [0.15, 0.2) is 4.52 Å². The summed E-state index contributed by atoms with van der Waals surface area (Å²) in [5.41, 5.74) is 6.08. The summed E-state index contributed by atoms with van der Waals surface area (Å²) in [6.45, 7) is 8.46. The fourth-order valence-corrected chi connectivity index (χ4v) is 4.46. The zero-order chi connectivity index (χ0) is 13.3. The Morgan fingerprint density at radius 3 is 2.61 bits per heavy atom. The first-order chi connectivity index (χ1) is 8.39. The quantitative estimate of drug-likeness (QED) is 0.902. The van der Waals surface area contributed by atoms with Crippen molar-refractivity contribution in [3.63, 3.8) is 0 Å². The third-order valence-electron chi connectivity index (χ3n) is 3.10. The smallest absolute Gasteiger partial charge is 0.244 e. The van der Waals surface area contributed by atoms with Crippen LogP contribution in [-0.4, -0.2) is 26.9 Å². The monoisotopic (exact) mass is 287 g/mol. The topological polar surface area (TPSA) is 64.9 Å². The minimum absolute atomic E-state index is 0.0656. The summed E-state index contributed by atoms with van der Waals surface area (Å²) in [4.78, 5) is 4.51. The molecule has 1 aliphatic heterocycles. The summed E-state index contributed by atoms with van der Waals surface area (Å²) >= 11 is 3.88. The Kier molecular flexibility index (Phi) is 4.29. The van der Waals surface area contributed by atoms with Crippen molar-refractivity contribution < 1.29 is 4.52 Å². The zero-order valence-corrected chi connectivity index (χ0v) is 13.0. The maximum Gasteiger partial charge on any atom is 0.244 e. The SMILES string of the molecule is CC1SCCSC1c1noc([C@H](N)C(C)(C)C)n1. The average Bonchev–Trinajstić information content (AvgIpc) is 2.76. The van der Waals surface area contributed by atoms with Gasteiger partial charge in [-0.2, -0.15) is 16.7 Å². The minimum Gasteiger partial charge on any atom is -0.338 e. The van der Waals surface area contributed by atoms with E-state index in [2.05, 4.69) is 37.8 Å². The maximum absolute atomic E-state index is 6.14. The van der Waals surface area contributed by atoms with Gasteiger partial charge in [-0.05, 0) is 5.41 Å². The Balaban J connectivity index is 2.15. The number of aromatic nitrogens is 2. The Bertz CT molecular complexity index is 402. The van der Waals surface area contributed by atoms with E-state index in [0.717, 1.165) is 11.6 Å². The van der Waals surface area contributed by atoms with Crippen LogP contribution < -0.4 is 5.73 Å². The molecule has 1 saturated heterocycles. The van der Waals surface area contributed by atoms with Crippen molar-refractivity contribution in [1.82, 2.24) is 10.1 Å². The lowest BCUT2D eigenvalue weighted by Crippen LogP contribution is -2.26. The molecule has 1 aromatic heterocycles. The van der Waals surface area contributed by atoms with Gasteiger partial charge in [-0.15, -0.1) is 11.8 Å². The molecule has 4 nitrogen and oxygen atoms in total. The van der Waals surface area contributed by atoms with Gasteiger partial charge in [0.05, 0.1) is 11.3 Å². The van der Waals surface area contributed by atoms with Gasteiger partial charge in [-0.25, -0.2) is 0 Å². The second kappa shape index (κ2) is 5.43. The summed E-state index contributed by atoms with van der Waals surface area (Å²) in [6.07, 6.45) is 0. The largest absolute Gasteiger partial charge is 0.338 e. The van der Waals surface area contributed by atoms with Crippen LogP contribution in [0.5, 0.6) is 0 Å². The highest BCUT2D eigenvalue weighted by molar-refractivity contribution is 8.06. The van der Waals surface area contributed by atoms with E-state index >= 15 is 0 Å². The Morgan fingerprint density at radius 1 is 1.33 bits per heavy atom. The fraction of sp³-hybridized carbons (Fsp3) is 0.833. The Labute approximate surface area is 117 Å². The lowest BCUT2D eigenvalue weighted by atomic mass is 9.87. The second-order valence-corrected chi connectivity index (χ2v) is 8.44. The van der Waals surface area contributed by atoms with E-state index in [1.165, 1.54) is 5.75 Å². The molecule has 0 aromatic carbocycles. The molecule has 18 heavy (non-hydrogen) atoms. The minimum atomic E-state index is -0.213. The van der Waals surface area contributed by atoms with Gasteiger partial charge in [0.25, 0.3) is 0 Å². The van der Waals surface area contributed by atoms with Crippen molar-refractivity contribution in [3.8, 4) is 0 Å². The molecule has 0 spiro atoms. The van der Waals surface area contributed by atoms with Crippen LogP contribution in [-0.2, 0) is 0 Å². The Morgan fingerprint density at radius 2 is 2.00 bits per heavy atom. The summed E-state index contributed by atoms with van der Waals surface area (Å²) in [5, 5.41) is 4.98. The lowest BCUT2D eigenvalue weighted by molar-refractivity contribution is 0.252. The third kappa shape index (κ3) is 3.03.